The fourth-order valence-corrected chi connectivity index (χ4v) is 5.07. The van der Waals surface area contributed by atoms with Gasteiger partial charge in [0.1, 0.15) is 6.73 Å². The second-order valence-corrected chi connectivity index (χ2v) is 9.24. The summed E-state index contributed by atoms with van der Waals surface area (Å²) in [4.78, 5) is 16.6. The molecule has 1 aromatic heterocycles. The minimum Gasteiger partial charge on any atom is -0.358 e. The standard InChI is InChI=1S/C24H33N5O2/c1-17-14-27(16-31-22-6-4-3-5-7-22)24-10-19(8-9-23(24)29(17)18(2)30)20-11-26-28(15-20)21-12-25-13-21/h8-11,15,17,21-22,25H,3-7,12-14,16H2,1-2H3/t17-/m0/s1. The SMILES string of the molecule is CC(=O)N1c2ccc(-c3cnn(C4CNC4)c3)cc2N(COC2CCCCC2)C[C@@H]1C. The van der Waals surface area contributed by atoms with Gasteiger partial charge in [-0.2, -0.15) is 5.10 Å². The van der Waals surface area contributed by atoms with Crippen LogP contribution in [0.4, 0.5) is 11.4 Å². The second-order valence-electron chi connectivity index (χ2n) is 9.24. The number of hydrogen-bond donors (Lipinski definition) is 1. The Morgan fingerprint density at radius 3 is 2.68 bits per heavy atom. The van der Waals surface area contributed by atoms with Gasteiger partial charge in [0.05, 0.1) is 35.8 Å². The molecule has 1 atom stereocenters. The first-order valence-electron chi connectivity index (χ1n) is 11.7. The molecule has 2 aromatic rings. The van der Waals surface area contributed by atoms with Crippen LogP contribution in [0.15, 0.2) is 30.6 Å². The zero-order valence-corrected chi connectivity index (χ0v) is 18.6. The molecule has 3 aliphatic rings. The van der Waals surface area contributed by atoms with Crippen molar-refractivity contribution in [3.05, 3.63) is 30.6 Å². The molecule has 3 heterocycles. The molecule has 31 heavy (non-hydrogen) atoms. The molecule has 1 saturated heterocycles. The topological polar surface area (TPSA) is 62.6 Å². The van der Waals surface area contributed by atoms with Crippen molar-refractivity contribution in [2.75, 3.05) is 36.2 Å². The molecule has 1 saturated carbocycles. The Bertz CT molecular complexity index is 932. The van der Waals surface area contributed by atoms with Crippen LogP contribution in [0.3, 0.4) is 0 Å². The number of hydrogen-bond acceptors (Lipinski definition) is 5. The lowest BCUT2D eigenvalue weighted by Gasteiger charge is -2.42. The summed E-state index contributed by atoms with van der Waals surface area (Å²) in [5, 5.41) is 7.87. The second kappa shape index (κ2) is 8.63. The van der Waals surface area contributed by atoms with E-state index in [0.717, 1.165) is 55.0 Å². The number of benzene rings is 1. The van der Waals surface area contributed by atoms with E-state index in [0.29, 0.717) is 18.9 Å². The first-order valence-corrected chi connectivity index (χ1v) is 11.7. The average molecular weight is 424 g/mol. The predicted molar refractivity (Wildman–Crippen MR) is 122 cm³/mol. The number of ether oxygens (including phenoxy) is 1. The van der Waals surface area contributed by atoms with Crippen LogP contribution in [0, 0.1) is 0 Å². The van der Waals surface area contributed by atoms with Crippen LogP contribution in [0.25, 0.3) is 11.1 Å². The number of carbonyl (C=O) groups is 1. The number of nitrogens with one attached hydrogen (secondary N) is 1. The van der Waals surface area contributed by atoms with Crippen molar-refractivity contribution in [2.45, 2.75) is 64.1 Å². The zero-order valence-electron chi connectivity index (χ0n) is 18.6. The van der Waals surface area contributed by atoms with E-state index >= 15 is 0 Å². The fourth-order valence-electron chi connectivity index (χ4n) is 5.07. The minimum absolute atomic E-state index is 0.0830. The summed E-state index contributed by atoms with van der Waals surface area (Å²) in [6.45, 7) is 7.06. The van der Waals surface area contributed by atoms with Gasteiger partial charge in [-0.25, -0.2) is 0 Å². The molecule has 5 rings (SSSR count). The van der Waals surface area contributed by atoms with Crippen LogP contribution >= 0.6 is 0 Å². The number of rotatable bonds is 5. The molecule has 1 amide bonds. The normalized spacial score (nSPS) is 22.3. The third-order valence-corrected chi connectivity index (χ3v) is 6.93. The molecular formula is C24H33N5O2. The van der Waals surface area contributed by atoms with Gasteiger partial charge in [0, 0.05) is 38.3 Å². The fraction of sp³-hybridized carbons (Fsp3) is 0.583. The van der Waals surface area contributed by atoms with Gasteiger partial charge >= 0.3 is 0 Å². The van der Waals surface area contributed by atoms with E-state index < -0.39 is 0 Å². The van der Waals surface area contributed by atoms with Gasteiger partial charge in [0.15, 0.2) is 0 Å². The van der Waals surface area contributed by atoms with E-state index in [-0.39, 0.29) is 11.9 Å². The molecule has 1 aromatic carbocycles. The zero-order chi connectivity index (χ0) is 21.4. The first kappa shape index (κ1) is 20.5. The van der Waals surface area contributed by atoms with E-state index in [1.165, 1.54) is 19.3 Å². The molecule has 166 valence electrons. The minimum atomic E-state index is 0.0830. The highest BCUT2D eigenvalue weighted by Crippen LogP contribution is 2.39. The quantitative estimate of drug-likeness (QED) is 0.797. The lowest BCUT2D eigenvalue weighted by molar-refractivity contribution is -0.117. The largest absolute Gasteiger partial charge is 0.358 e. The van der Waals surface area contributed by atoms with Crippen molar-refractivity contribution in [3.63, 3.8) is 0 Å². The Labute approximate surface area is 184 Å². The molecule has 1 aliphatic carbocycles. The lowest BCUT2D eigenvalue weighted by Crippen LogP contribution is -2.50. The molecule has 2 fully saturated rings. The first-order chi connectivity index (χ1) is 15.1. The van der Waals surface area contributed by atoms with Crippen LogP contribution in [0.1, 0.15) is 52.0 Å². The maximum absolute atomic E-state index is 12.4. The van der Waals surface area contributed by atoms with Crippen LogP contribution in [0.5, 0.6) is 0 Å². The molecule has 2 aliphatic heterocycles. The molecular weight excluding hydrogens is 390 g/mol. The Kier molecular flexibility index (Phi) is 5.71. The van der Waals surface area contributed by atoms with E-state index in [9.17, 15) is 4.79 Å². The highest BCUT2D eigenvalue weighted by atomic mass is 16.5. The van der Waals surface area contributed by atoms with Gasteiger partial charge in [-0.15, -0.1) is 0 Å². The van der Waals surface area contributed by atoms with Crippen LogP contribution in [-0.2, 0) is 9.53 Å². The maximum Gasteiger partial charge on any atom is 0.224 e. The summed E-state index contributed by atoms with van der Waals surface area (Å²) in [6.07, 6.45) is 10.6. The summed E-state index contributed by atoms with van der Waals surface area (Å²) in [6, 6.07) is 6.94. The Balaban J connectivity index is 1.43. The lowest BCUT2D eigenvalue weighted by atomic mass is 9.98. The van der Waals surface area contributed by atoms with Crippen molar-refractivity contribution in [2.24, 2.45) is 0 Å². The van der Waals surface area contributed by atoms with Crippen molar-refractivity contribution >= 4 is 17.3 Å². The van der Waals surface area contributed by atoms with Crippen LogP contribution in [0.2, 0.25) is 0 Å². The third-order valence-electron chi connectivity index (χ3n) is 6.93. The van der Waals surface area contributed by atoms with Crippen LogP contribution in [-0.4, -0.2) is 54.2 Å². The van der Waals surface area contributed by atoms with Gasteiger partial charge < -0.3 is 19.9 Å². The monoisotopic (exact) mass is 423 g/mol. The molecule has 0 radical (unpaired) electrons. The number of fused-ring (bicyclic) bond motifs is 1. The Morgan fingerprint density at radius 2 is 1.97 bits per heavy atom. The summed E-state index contributed by atoms with van der Waals surface area (Å²) in [5.41, 5.74) is 4.27. The number of anilines is 2. The molecule has 0 spiro atoms. The van der Waals surface area contributed by atoms with Gasteiger partial charge in [-0.3, -0.25) is 9.48 Å². The van der Waals surface area contributed by atoms with E-state index in [2.05, 4.69) is 51.3 Å². The molecule has 1 N–H and O–H groups in total. The van der Waals surface area contributed by atoms with Gasteiger partial charge in [-0.1, -0.05) is 25.3 Å². The average Bonchev–Trinajstić information content (AvgIpc) is 3.20. The Morgan fingerprint density at radius 1 is 1.16 bits per heavy atom. The maximum atomic E-state index is 12.4. The summed E-state index contributed by atoms with van der Waals surface area (Å²) < 4.78 is 8.38. The van der Waals surface area contributed by atoms with E-state index in [1.807, 2.05) is 11.1 Å². The number of aromatic nitrogens is 2. The van der Waals surface area contributed by atoms with Crippen molar-refractivity contribution < 1.29 is 9.53 Å². The predicted octanol–water partition coefficient (Wildman–Crippen LogP) is 3.56. The summed E-state index contributed by atoms with van der Waals surface area (Å²) in [7, 11) is 0. The molecule has 0 unspecified atom stereocenters. The van der Waals surface area contributed by atoms with E-state index in [1.54, 1.807) is 6.92 Å². The van der Waals surface area contributed by atoms with Crippen molar-refractivity contribution in [3.8, 4) is 11.1 Å². The van der Waals surface area contributed by atoms with Gasteiger partial charge in [-0.05, 0) is 37.5 Å². The Hall–Kier alpha value is -2.38. The van der Waals surface area contributed by atoms with Crippen molar-refractivity contribution in [1.82, 2.24) is 15.1 Å². The molecule has 0 bridgehead atoms. The van der Waals surface area contributed by atoms with Crippen molar-refractivity contribution in [1.29, 1.82) is 0 Å². The number of carbonyl (C=O) groups excluding carboxylic acids is 1. The highest BCUT2D eigenvalue weighted by Gasteiger charge is 2.31. The van der Waals surface area contributed by atoms with Gasteiger partial charge in [0.25, 0.3) is 0 Å². The smallest absolute Gasteiger partial charge is 0.224 e. The molecule has 7 nitrogen and oxygen atoms in total. The van der Waals surface area contributed by atoms with Crippen LogP contribution < -0.4 is 15.1 Å². The summed E-state index contributed by atoms with van der Waals surface area (Å²) >= 11 is 0. The number of amides is 1. The van der Waals surface area contributed by atoms with E-state index in [4.69, 9.17) is 4.74 Å². The highest BCUT2D eigenvalue weighted by molar-refractivity contribution is 5.98. The molecule has 7 heteroatoms. The number of nitrogens with zero attached hydrogens (tertiary/aromatic N) is 4. The third kappa shape index (κ3) is 4.08. The van der Waals surface area contributed by atoms with Gasteiger partial charge in [0.2, 0.25) is 5.91 Å². The summed E-state index contributed by atoms with van der Waals surface area (Å²) in [5.74, 6) is 0.0830.